The zero-order chi connectivity index (χ0) is 25.8. The Labute approximate surface area is 207 Å². The predicted molar refractivity (Wildman–Crippen MR) is 128 cm³/mol. The van der Waals surface area contributed by atoms with E-state index < -0.39 is 29.8 Å². The summed E-state index contributed by atoms with van der Waals surface area (Å²) in [6, 6.07) is 9.71. The van der Waals surface area contributed by atoms with Crippen LogP contribution in [0.1, 0.15) is 84.9 Å². The summed E-state index contributed by atoms with van der Waals surface area (Å²) in [6.45, 7) is 3.79. The number of pyridine rings is 1. The molecule has 0 saturated heterocycles. The van der Waals surface area contributed by atoms with E-state index in [4.69, 9.17) is 4.98 Å². The Balaban J connectivity index is 1.72. The third kappa shape index (κ3) is 4.65. The maximum Gasteiger partial charge on any atom is 0.416 e. The molecule has 2 aliphatic carbocycles. The number of benzene rings is 2. The minimum atomic E-state index is -4.53. The maximum absolute atomic E-state index is 16.4. The van der Waals surface area contributed by atoms with Gasteiger partial charge >= 0.3 is 6.18 Å². The minimum absolute atomic E-state index is 0.0659. The second-order valence-electron chi connectivity index (χ2n) is 10.3. The zero-order valence-corrected chi connectivity index (χ0v) is 20.1. The van der Waals surface area contributed by atoms with Crippen LogP contribution in [-0.4, -0.2) is 10.1 Å². The van der Waals surface area contributed by atoms with Gasteiger partial charge in [0, 0.05) is 16.8 Å². The van der Waals surface area contributed by atoms with Crippen LogP contribution in [0.4, 0.5) is 22.0 Å². The van der Waals surface area contributed by atoms with E-state index in [0.717, 1.165) is 42.8 Å². The summed E-state index contributed by atoms with van der Waals surface area (Å²) >= 11 is 0. The molecule has 190 valence electrons. The number of aliphatic hydroxyl groups excluding tert-OH is 1. The van der Waals surface area contributed by atoms with Gasteiger partial charge in [-0.3, -0.25) is 4.98 Å². The van der Waals surface area contributed by atoms with Gasteiger partial charge in [-0.25, -0.2) is 8.78 Å². The van der Waals surface area contributed by atoms with Crippen molar-refractivity contribution < 1.29 is 27.1 Å². The Kier molecular flexibility index (Phi) is 6.39. The molecule has 1 aromatic heterocycles. The summed E-state index contributed by atoms with van der Waals surface area (Å²) < 4.78 is 69.5. The number of fused-ring (bicyclic) bond motifs is 1. The molecule has 3 atom stereocenters. The van der Waals surface area contributed by atoms with Crippen LogP contribution in [0.15, 0.2) is 48.5 Å². The molecule has 1 N–H and O–H groups in total. The predicted octanol–water partition coefficient (Wildman–Crippen LogP) is 8.09. The monoisotopic (exact) mass is 501 g/mol. The number of nitrogens with zero attached hydrogens (tertiary/aromatic N) is 1. The van der Waals surface area contributed by atoms with Crippen molar-refractivity contribution in [2.75, 3.05) is 0 Å². The first-order chi connectivity index (χ1) is 17.0. The molecule has 1 heterocycles. The van der Waals surface area contributed by atoms with Crippen LogP contribution < -0.4 is 0 Å². The fourth-order valence-corrected chi connectivity index (χ4v) is 5.49. The zero-order valence-electron chi connectivity index (χ0n) is 20.1. The molecule has 5 rings (SSSR count). The summed E-state index contributed by atoms with van der Waals surface area (Å²) in [5.74, 6) is 0.243. The highest BCUT2D eigenvalue weighted by Gasteiger charge is 2.40. The van der Waals surface area contributed by atoms with Gasteiger partial charge in [0.25, 0.3) is 0 Å². The van der Waals surface area contributed by atoms with E-state index in [9.17, 15) is 22.7 Å². The third-order valence-electron chi connectivity index (χ3n) is 7.45. The maximum atomic E-state index is 16.4. The van der Waals surface area contributed by atoms with Crippen LogP contribution in [0, 0.1) is 17.7 Å². The molecule has 3 aromatic rings. The average molecular weight is 502 g/mol. The second kappa shape index (κ2) is 9.25. The smallest absolute Gasteiger partial charge is 0.388 e. The average Bonchev–Trinajstić information content (AvgIpc) is 3.68. The number of aromatic nitrogens is 1. The molecule has 0 radical (unpaired) electrons. The summed E-state index contributed by atoms with van der Waals surface area (Å²) in [6.07, 6.45) is -3.67. The number of hydrogen-bond donors (Lipinski definition) is 1. The lowest BCUT2D eigenvalue weighted by Gasteiger charge is -2.33. The van der Waals surface area contributed by atoms with E-state index in [1.165, 1.54) is 12.1 Å². The van der Waals surface area contributed by atoms with Crippen molar-refractivity contribution in [3.05, 3.63) is 88.0 Å². The summed E-state index contributed by atoms with van der Waals surface area (Å²) in [5, 5.41) is 11.3. The van der Waals surface area contributed by atoms with E-state index in [1.54, 1.807) is 12.1 Å². The van der Waals surface area contributed by atoms with E-state index in [1.807, 2.05) is 13.8 Å². The van der Waals surface area contributed by atoms with Gasteiger partial charge in [-0.2, -0.15) is 13.2 Å². The molecule has 0 spiro atoms. The Morgan fingerprint density at radius 1 is 0.944 bits per heavy atom. The minimum Gasteiger partial charge on any atom is -0.388 e. The third-order valence-corrected chi connectivity index (χ3v) is 7.45. The van der Waals surface area contributed by atoms with Crippen molar-refractivity contribution in [1.29, 1.82) is 0 Å². The van der Waals surface area contributed by atoms with Gasteiger partial charge in [-0.15, -0.1) is 0 Å². The van der Waals surface area contributed by atoms with Crippen molar-refractivity contribution in [3.63, 3.8) is 0 Å². The van der Waals surface area contributed by atoms with Gasteiger partial charge in [0.2, 0.25) is 0 Å². The van der Waals surface area contributed by atoms with Crippen molar-refractivity contribution >= 4 is 0 Å². The molecular formula is C29H28F5NO. The van der Waals surface area contributed by atoms with Crippen molar-refractivity contribution in [2.45, 2.75) is 63.9 Å². The van der Waals surface area contributed by atoms with Crippen LogP contribution in [0.3, 0.4) is 0 Å². The lowest BCUT2D eigenvalue weighted by molar-refractivity contribution is -0.137. The highest BCUT2D eigenvalue weighted by atomic mass is 19.4. The number of rotatable bonds is 5. The Morgan fingerprint density at radius 3 is 2.14 bits per heavy atom. The fraction of sp³-hybridized carbons (Fsp3) is 0.414. The lowest BCUT2D eigenvalue weighted by atomic mass is 9.76. The molecule has 36 heavy (non-hydrogen) atoms. The molecule has 1 saturated carbocycles. The van der Waals surface area contributed by atoms with Crippen LogP contribution >= 0.6 is 0 Å². The van der Waals surface area contributed by atoms with E-state index >= 15 is 4.39 Å². The summed E-state index contributed by atoms with van der Waals surface area (Å²) in [5.41, 5.74) is 2.23. The normalized spacial score (nSPS) is 20.9. The SMILES string of the molecule is CC(C)c1nc2c(c(-c3ccc(F)cc3)c1C(F)c1ccc(C(F)(F)F)cc1)C(O)CC(C1CC1)C2. The van der Waals surface area contributed by atoms with Gasteiger partial charge in [0.05, 0.1) is 17.4 Å². The molecule has 2 aromatic carbocycles. The Morgan fingerprint density at radius 2 is 1.58 bits per heavy atom. The summed E-state index contributed by atoms with van der Waals surface area (Å²) in [4.78, 5) is 4.88. The molecule has 3 unspecified atom stereocenters. The number of alkyl halides is 4. The topological polar surface area (TPSA) is 33.1 Å². The first kappa shape index (κ1) is 24.9. The van der Waals surface area contributed by atoms with Crippen LogP contribution in [0.2, 0.25) is 0 Å². The van der Waals surface area contributed by atoms with E-state index in [-0.39, 0.29) is 17.0 Å². The van der Waals surface area contributed by atoms with Gasteiger partial charge in [0.1, 0.15) is 5.82 Å². The van der Waals surface area contributed by atoms with Crippen LogP contribution in [-0.2, 0) is 12.6 Å². The van der Waals surface area contributed by atoms with Gasteiger partial charge < -0.3 is 5.11 Å². The summed E-state index contributed by atoms with van der Waals surface area (Å²) in [7, 11) is 0. The van der Waals surface area contributed by atoms with E-state index in [0.29, 0.717) is 47.1 Å². The number of halogens is 5. The van der Waals surface area contributed by atoms with Crippen molar-refractivity contribution in [1.82, 2.24) is 4.98 Å². The molecule has 0 aliphatic heterocycles. The van der Waals surface area contributed by atoms with Gasteiger partial charge in [-0.1, -0.05) is 38.1 Å². The standard InChI is InChI=1S/C29H28F5NO/c1-15(2)28-26(27(31)18-5-9-20(10-6-18)29(32,33)34)24(17-7-11-21(30)12-8-17)25-22(35-28)13-19(14-23(25)36)16-3-4-16/h5-12,15-16,19,23,27,36H,3-4,13-14H2,1-2H3. The van der Waals surface area contributed by atoms with Gasteiger partial charge in [-0.05, 0) is 84.4 Å². The fourth-order valence-electron chi connectivity index (χ4n) is 5.49. The van der Waals surface area contributed by atoms with Crippen molar-refractivity contribution in [3.8, 4) is 11.1 Å². The Bertz CT molecular complexity index is 1250. The van der Waals surface area contributed by atoms with Crippen LogP contribution in [0.25, 0.3) is 11.1 Å². The highest BCUT2D eigenvalue weighted by molar-refractivity contribution is 5.75. The molecule has 1 fully saturated rings. The van der Waals surface area contributed by atoms with Crippen LogP contribution in [0.5, 0.6) is 0 Å². The number of aliphatic hydroxyl groups is 1. The first-order valence-electron chi connectivity index (χ1n) is 12.4. The quantitative estimate of drug-likeness (QED) is 0.359. The number of hydrogen-bond acceptors (Lipinski definition) is 2. The molecular weight excluding hydrogens is 473 g/mol. The van der Waals surface area contributed by atoms with Crippen molar-refractivity contribution in [2.24, 2.45) is 11.8 Å². The second-order valence-corrected chi connectivity index (χ2v) is 10.3. The largest absolute Gasteiger partial charge is 0.416 e. The molecule has 2 aliphatic rings. The molecule has 0 amide bonds. The Hall–Kier alpha value is -2.80. The molecule has 2 nitrogen and oxygen atoms in total. The lowest BCUT2D eigenvalue weighted by Crippen LogP contribution is -2.24. The molecule has 7 heteroatoms. The highest BCUT2D eigenvalue weighted by Crippen LogP contribution is 2.51. The van der Waals surface area contributed by atoms with Gasteiger partial charge in [0.15, 0.2) is 6.17 Å². The van der Waals surface area contributed by atoms with E-state index in [2.05, 4.69) is 0 Å². The molecule has 0 bridgehead atoms. The first-order valence-corrected chi connectivity index (χ1v) is 12.4.